The Balaban J connectivity index is 1.50. The van der Waals surface area contributed by atoms with E-state index in [0.717, 1.165) is 5.56 Å². The summed E-state index contributed by atoms with van der Waals surface area (Å²) in [5.74, 6) is 0.395. The fraction of sp³-hybridized carbons (Fsp3) is 0.0455. The third kappa shape index (κ3) is 4.80. The van der Waals surface area contributed by atoms with Gasteiger partial charge in [-0.2, -0.15) is 0 Å². The van der Waals surface area contributed by atoms with Crippen molar-refractivity contribution in [2.24, 2.45) is 0 Å². The lowest BCUT2D eigenvalue weighted by atomic mass is 10.2. The molecule has 0 saturated heterocycles. The lowest BCUT2D eigenvalue weighted by Crippen LogP contribution is -2.34. The van der Waals surface area contributed by atoms with E-state index in [1.165, 1.54) is 13.2 Å². The number of halogens is 2. The van der Waals surface area contributed by atoms with E-state index in [1.54, 1.807) is 36.4 Å². The normalized spacial score (nSPS) is 10.7. The average Bonchev–Trinajstić information content (AvgIpc) is 3.17. The van der Waals surface area contributed by atoms with Gasteiger partial charge >= 0.3 is 0 Å². The number of carbonyl (C=O) groups excluding carboxylic acids is 1. The molecule has 2 N–H and O–H groups in total. The van der Waals surface area contributed by atoms with Crippen molar-refractivity contribution in [3.8, 4) is 17.2 Å². The number of hydrogen-bond acceptors (Lipinski definition) is 5. The molecule has 0 radical (unpaired) electrons. The van der Waals surface area contributed by atoms with Gasteiger partial charge in [0, 0.05) is 21.3 Å². The second-order valence-corrected chi connectivity index (χ2v) is 7.75. The molecule has 3 aromatic carbocycles. The third-order valence-electron chi connectivity index (χ3n) is 4.35. The topological polar surface area (TPSA) is 76.4 Å². The zero-order valence-electron chi connectivity index (χ0n) is 16.1. The molecule has 1 aromatic heterocycles. The summed E-state index contributed by atoms with van der Waals surface area (Å²) in [6, 6.07) is 17.3. The number of hydrogen-bond donors (Lipinski definition) is 2. The highest BCUT2D eigenvalue weighted by Crippen LogP contribution is 2.28. The fourth-order valence-corrected chi connectivity index (χ4v) is 3.49. The van der Waals surface area contributed by atoms with Crippen LogP contribution in [-0.4, -0.2) is 23.1 Å². The standard InChI is InChI=1S/C22H15Cl2N3O3S/c1-29-18-7-5-13(23)10-16(18)20(28)27-22(31)25-15-4-2-3-12(9-15)21-26-17-11-14(24)6-8-19(17)30-21/h2-11H,1H3,(H2,25,27,28,31). The second kappa shape index (κ2) is 8.93. The van der Waals surface area contributed by atoms with E-state index in [2.05, 4.69) is 15.6 Å². The summed E-state index contributed by atoms with van der Waals surface area (Å²) in [6.45, 7) is 0. The number of methoxy groups -OCH3 is 1. The summed E-state index contributed by atoms with van der Waals surface area (Å²) in [7, 11) is 1.47. The van der Waals surface area contributed by atoms with Gasteiger partial charge in [0.2, 0.25) is 5.89 Å². The molecule has 0 aliphatic heterocycles. The third-order valence-corrected chi connectivity index (χ3v) is 5.02. The smallest absolute Gasteiger partial charge is 0.261 e. The van der Waals surface area contributed by atoms with Crippen molar-refractivity contribution in [1.29, 1.82) is 0 Å². The molecule has 0 bridgehead atoms. The van der Waals surface area contributed by atoms with E-state index >= 15 is 0 Å². The summed E-state index contributed by atoms with van der Waals surface area (Å²) in [5.41, 5.74) is 2.97. The van der Waals surface area contributed by atoms with E-state index in [1.807, 2.05) is 18.2 Å². The SMILES string of the molecule is COc1ccc(Cl)cc1C(=O)NC(=S)Nc1cccc(-c2nc3cc(Cl)ccc3o2)c1. The Hall–Kier alpha value is -3.13. The summed E-state index contributed by atoms with van der Waals surface area (Å²) in [5, 5.41) is 6.72. The highest BCUT2D eigenvalue weighted by atomic mass is 35.5. The van der Waals surface area contributed by atoms with Crippen LogP contribution in [0.25, 0.3) is 22.6 Å². The number of anilines is 1. The van der Waals surface area contributed by atoms with Crippen LogP contribution < -0.4 is 15.4 Å². The van der Waals surface area contributed by atoms with Crippen LogP contribution in [0.15, 0.2) is 65.1 Å². The molecule has 0 aliphatic rings. The lowest BCUT2D eigenvalue weighted by molar-refractivity contribution is 0.0975. The van der Waals surface area contributed by atoms with E-state index in [-0.39, 0.29) is 10.7 Å². The predicted molar refractivity (Wildman–Crippen MR) is 126 cm³/mol. The summed E-state index contributed by atoms with van der Waals surface area (Å²) < 4.78 is 11.0. The molecule has 4 rings (SSSR count). The Morgan fingerprint density at radius 3 is 2.65 bits per heavy atom. The first-order valence-corrected chi connectivity index (χ1v) is 10.2. The summed E-state index contributed by atoms with van der Waals surface area (Å²) >= 11 is 17.3. The number of nitrogens with one attached hydrogen (secondary N) is 2. The average molecular weight is 472 g/mol. The maximum Gasteiger partial charge on any atom is 0.261 e. The maximum absolute atomic E-state index is 12.6. The maximum atomic E-state index is 12.6. The van der Waals surface area contributed by atoms with E-state index in [4.69, 9.17) is 44.6 Å². The van der Waals surface area contributed by atoms with Gasteiger partial charge in [0.25, 0.3) is 5.91 Å². The van der Waals surface area contributed by atoms with Crippen molar-refractivity contribution < 1.29 is 13.9 Å². The van der Waals surface area contributed by atoms with Gasteiger partial charge < -0.3 is 14.5 Å². The summed E-state index contributed by atoms with van der Waals surface area (Å²) in [4.78, 5) is 17.1. The Morgan fingerprint density at radius 2 is 1.84 bits per heavy atom. The van der Waals surface area contributed by atoms with Crippen molar-refractivity contribution >= 4 is 63.2 Å². The zero-order valence-corrected chi connectivity index (χ0v) is 18.4. The van der Waals surface area contributed by atoms with Crippen LogP contribution in [0.3, 0.4) is 0 Å². The number of nitrogens with zero attached hydrogens (tertiary/aromatic N) is 1. The van der Waals surface area contributed by atoms with Crippen molar-refractivity contribution in [2.75, 3.05) is 12.4 Å². The van der Waals surface area contributed by atoms with Crippen LogP contribution in [0.4, 0.5) is 5.69 Å². The number of benzene rings is 3. The number of ether oxygens (including phenoxy) is 1. The van der Waals surface area contributed by atoms with Crippen molar-refractivity contribution in [1.82, 2.24) is 10.3 Å². The van der Waals surface area contributed by atoms with Crippen molar-refractivity contribution in [3.63, 3.8) is 0 Å². The highest BCUT2D eigenvalue weighted by molar-refractivity contribution is 7.80. The molecule has 9 heteroatoms. The molecule has 0 spiro atoms. The first kappa shape index (κ1) is 21.1. The van der Waals surface area contributed by atoms with Crippen LogP contribution in [0.2, 0.25) is 10.0 Å². The first-order chi connectivity index (χ1) is 14.9. The number of oxazole rings is 1. The van der Waals surface area contributed by atoms with E-state index in [0.29, 0.717) is 38.5 Å². The number of fused-ring (bicyclic) bond motifs is 1. The van der Waals surface area contributed by atoms with Gasteiger partial charge in [0.05, 0.1) is 12.7 Å². The molecular weight excluding hydrogens is 457 g/mol. The molecule has 1 amide bonds. The first-order valence-electron chi connectivity index (χ1n) is 9.05. The Bertz CT molecular complexity index is 1310. The zero-order chi connectivity index (χ0) is 22.0. The number of aromatic nitrogens is 1. The molecule has 4 aromatic rings. The van der Waals surface area contributed by atoms with Gasteiger partial charge in [0.1, 0.15) is 11.3 Å². The molecule has 0 fully saturated rings. The van der Waals surface area contributed by atoms with Gasteiger partial charge in [-0.25, -0.2) is 4.98 Å². The highest BCUT2D eigenvalue weighted by Gasteiger charge is 2.15. The molecule has 156 valence electrons. The van der Waals surface area contributed by atoms with Gasteiger partial charge in [0.15, 0.2) is 10.7 Å². The Labute approximate surface area is 193 Å². The minimum Gasteiger partial charge on any atom is -0.496 e. The molecule has 0 unspecified atom stereocenters. The number of amides is 1. The molecule has 0 saturated carbocycles. The van der Waals surface area contributed by atoms with Gasteiger partial charge in [-0.3, -0.25) is 10.1 Å². The molecule has 0 atom stereocenters. The molecular formula is C22H15Cl2N3O3S. The Morgan fingerprint density at radius 1 is 1.06 bits per heavy atom. The quantitative estimate of drug-likeness (QED) is 0.358. The minimum absolute atomic E-state index is 0.119. The van der Waals surface area contributed by atoms with Gasteiger partial charge in [-0.05, 0) is 66.8 Å². The second-order valence-electron chi connectivity index (χ2n) is 6.46. The molecule has 31 heavy (non-hydrogen) atoms. The van der Waals surface area contributed by atoms with Crippen LogP contribution >= 0.6 is 35.4 Å². The van der Waals surface area contributed by atoms with Crippen LogP contribution in [0.1, 0.15) is 10.4 Å². The molecule has 0 aliphatic carbocycles. The lowest BCUT2D eigenvalue weighted by Gasteiger charge is -2.12. The molecule has 1 heterocycles. The number of rotatable bonds is 4. The van der Waals surface area contributed by atoms with Crippen LogP contribution in [-0.2, 0) is 0 Å². The number of thiocarbonyl (C=S) groups is 1. The van der Waals surface area contributed by atoms with Crippen LogP contribution in [0.5, 0.6) is 5.75 Å². The van der Waals surface area contributed by atoms with E-state index in [9.17, 15) is 4.79 Å². The van der Waals surface area contributed by atoms with E-state index < -0.39 is 5.91 Å². The van der Waals surface area contributed by atoms with Gasteiger partial charge in [-0.15, -0.1) is 0 Å². The van der Waals surface area contributed by atoms with Gasteiger partial charge in [-0.1, -0.05) is 29.3 Å². The fourth-order valence-electron chi connectivity index (χ4n) is 2.94. The van der Waals surface area contributed by atoms with Crippen LogP contribution in [0, 0.1) is 0 Å². The van der Waals surface area contributed by atoms with Crippen molar-refractivity contribution in [3.05, 3.63) is 76.3 Å². The van der Waals surface area contributed by atoms with Crippen molar-refractivity contribution in [2.45, 2.75) is 0 Å². The largest absolute Gasteiger partial charge is 0.496 e. The minimum atomic E-state index is -0.441. The predicted octanol–water partition coefficient (Wildman–Crippen LogP) is 5.94. The monoisotopic (exact) mass is 471 g/mol. The Kier molecular flexibility index (Phi) is 6.08. The summed E-state index contributed by atoms with van der Waals surface area (Å²) in [6.07, 6.45) is 0. The molecule has 6 nitrogen and oxygen atoms in total. The number of carbonyl (C=O) groups is 1.